The standard InChI is InChI=1S/C27H32N4O3/c1-4-5-6-7-16-34-22-14-12-21(13-15-22)27(3)17-23(20-10-8-19(2)9-11-20)25(26(33)29-27)31-24(32)18-28-30-31/h8-15H,4-7,16-18H2,1-3H3,(H,29,33). The van der Waals surface area contributed by atoms with Gasteiger partial charge in [0.15, 0.2) is 0 Å². The van der Waals surface area contributed by atoms with Crippen molar-refractivity contribution in [2.24, 2.45) is 10.3 Å². The van der Waals surface area contributed by atoms with Crippen LogP contribution in [0.4, 0.5) is 0 Å². The Morgan fingerprint density at radius 2 is 1.76 bits per heavy atom. The van der Waals surface area contributed by atoms with Crippen LogP contribution in [-0.2, 0) is 15.1 Å². The Morgan fingerprint density at radius 1 is 1.03 bits per heavy atom. The quantitative estimate of drug-likeness (QED) is 0.515. The fourth-order valence-corrected chi connectivity index (χ4v) is 4.40. The van der Waals surface area contributed by atoms with Gasteiger partial charge in [0.1, 0.15) is 18.0 Å². The minimum Gasteiger partial charge on any atom is -0.494 e. The maximum absolute atomic E-state index is 13.4. The number of benzene rings is 2. The first-order valence-electron chi connectivity index (χ1n) is 12.0. The van der Waals surface area contributed by atoms with E-state index in [1.165, 1.54) is 19.3 Å². The monoisotopic (exact) mass is 460 g/mol. The normalized spacial score (nSPS) is 20.1. The average Bonchev–Trinajstić information content (AvgIpc) is 3.24. The fraction of sp³-hybridized carbons (Fsp3) is 0.407. The van der Waals surface area contributed by atoms with E-state index in [-0.39, 0.29) is 24.1 Å². The number of hydrogen-bond acceptors (Lipinski definition) is 5. The van der Waals surface area contributed by atoms with E-state index < -0.39 is 5.54 Å². The topological polar surface area (TPSA) is 83.4 Å². The van der Waals surface area contributed by atoms with Crippen molar-refractivity contribution in [2.45, 2.75) is 58.4 Å². The van der Waals surface area contributed by atoms with Crippen molar-refractivity contribution >= 4 is 17.4 Å². The maximum atomic E-state index is 13.4. The zero-order valence-corrected chi connectivity index (χ0v) is 20.1. The molecule has 0 spiro atoms. The van der Waals surface area contributed by atoms with Crippen molar-refractivity contribution in [1.82, 2.24) is 10.3 Å². The molecule has 2 aliphatic heterocycles. The Bertz CT molecular complexity index is 1110. The summed E-state index contributed by atoms with van der Waals surface area (Å²) in [5.41, 5.74) is 3.36. The van der Waals surface area contributed by atoms with Crippen LogP contribution in [0.5, 0.6) is 5.75 Å². The molecule has 1 unspecified atom stereocenters. The summed E-state index contributed by atoms with van der Waals surface area (Å²) in [7, 11) is 0. The van der Waals surface area contributed by atoms with E-state index in [0.29, 0.717) is 13.0 Å². The highest BCUT2D eigenvalue weighted by Crippen LogP contribution is 2.40. The molecule has 1 N–H and O–H groups in total. The molecule has 7 nitrogen and oxygen atoms in total. The summed E-state index contributed by atoms with van der Waals surface area (Å²) in [6, 6.07) is 15.9. The molecular weight excluding hydrogens is 428 g/mol. The highest BCUT2D eigenvalue weighted by atomic mass is 16.5. The third-order valence-electron chi connectivity index (χ3n) is 6.39. The number of nitrogens with zero attached hydrogens (tertiary/aromatic N) is 3. The number of carbonyl (C=O) groups excluding carboxylic acids is 2. The van der Waals surface area contributed by atoms with Crippen LogP contribution in [0.15, 0.2) is 64.6 Å². The van der Waals surface area contributed by atoms with Gasteiger partial charge in [-0.25, -0.2) is 0 Å². The van der Waals surface area contributed by atoms with E-state index in [0.717, 1.165) is 39.4 Å². The Labute approximate surface area is 200 Å². The van der Waals surface area contributed by atoms with Crippen LogP contribution in [0.3, 0.4) is 0 Å². The molecule has 7 heteroatoms. The molecule has 0 radical (unpaired) electrons. The lowest BCUT2D eigenvalue weighted by Crippen LogP contribution is -2.50. The van der Waals surface area contributed by atoms with Crippen LogP contribution in [0.25, 0.3) is 5.57 Å². The van der Waals surface area contributed by atoms with Gasteiger partial charge in [-0.1, -0.05) is 73.4 Å². The van der Waals surface area contributed by atoms with Crippen molar-refractivity contribution in [3.05, 3.63) is 70.9 Å². The lowest BCUT2D eigenvalue weighted by molar-refractivity contribution is -0.130. The second-order valence-electron chi connectivity index (χ2n) is 9.18. The molecule has 4 rings (SSSR count). The van der Waals surface area contributed by atoms with E-state index in [1.54, 1.807) is 0 Å². The Hall–Kier alpha value is -3.48. The molecule has 2 amide bonds. The molecule has 178 valence electrons. The van der Waals surface area contributed by atoms with Crippen molar-refractivity contribution in [2.75, 3.05) is 13.2 Å². The number of hydrogen-bond donors (Lipinski definition) is 1. The van der Waals surface area contributed by atoms with Crippen LogP contribution in [0.1, 0.15) is 62.6 Å². The summed E-state index contributed by atoms with van der Waals surface area (Å²) in [5.74, 6) is 0.178. The number of nitrogens with one attached hydrogen (secondary N) is 1. The molecule has 34 heavy (non-hydrogen) atoms. The summed E-state index contributed by atoms with van der Waals surface area (Å²) >= 11 is 0. The molecule has 0 aromatic heterocycles. The lowest BCUT2D eigenvalue weighted by atomic mass is 9.79. The van der Waals surface area contributed by atoms with Crippen LogP contribution >= 0.6 is 0 Å². The summed E-state index contributed by atoms with van der Waals surface area (Å²) in [5, 5.41) is 12.0. The molecule has 2 aromatic carbocycles. The van der Waals surface area contributed by atoms with Gasteiger partial charge >= 0.3 is 0 Å². The number of carbonyl (C=O) groups is 2. The molecule has 0 saturated carbocycles. The van der Waals surface area contributed by atoms with Crippen LogP contribution in [0.2, 0.25) is 0 Å². The number of ether oxygens (including phenoxy) is 1. The van der Waals surface area contributed by atoms with Crippen LogP contribution in [0, 0.1) is 6.92 Å². The van der Waals surface area contributed by atoms with E-state index in [4.69, 9.17) is 4.74 Å². The Kier molecular flexibility index (Phi) is 7.10. The number of aryl methyl sites for hydroxylation is 1. The van der Waals surface area contributed by atoms with Gasteiger partial charge in [0.05, 0.1) is 12.1 Å². The smallest absolute Gasteiger partial charge is 0.272 e. The molecule has 2 aliphatic rings. The molecule has 0 fully saturated rings. The summed E-state index contributed by atoms with van der Waals surface area (Å²) in [4.78, 5) is 25.7. The van der Waals surface area contributed by atoms with Gasteiger partial charge in [-0.2, -0.15) is 10.1 Å². The maximum Gasteiger partial charge on any atom is 0.272 e. The first kappa shape index (κ1) is 23.7. The van der Waals surface area contributed by atoms with Gasteiger partial charge in [0.25, 0.3) is 11.8 Å². The van der Waals surface area contributed by atoms with Gasteiger partial charge in [0, 0.05) is 6.42 Å². The van der Waals surface area contributed by atoms with Crippen molar-refractivity contribution in [3.63, 3.8) is 0 Å². The first-order valence-corrected chi connectivity index (χ1v) is 12.0. The van der Waals surface area contributed by atoms with Crippen LogP contribution in [-0.4, -0.2) is 30.0 Å². The van der Waals surface area contributed by atoms with Gasteiger partial charge in [0.2, 0.25) is 0 Å². The molecule has 0 aliphatic carbocycles. The zero-order valence-electron chi connectivity index (χ0n) is 20.1. The third-order valence-corrected chi connectivity index (χ3v) is 6.39. The first-order chi connectivity index (χ1) is 16.4. The molecule has 0 saturated heterocycles. The van der Waals surface area contributed by atoms with Crippen molar-refractivity contribution in [1.29, 1.82) is 0 Å². The summed E-state index contributed by atoms with van der Waals surface area (Å²) in [6.07, 6.45) is 5.16. The lowest BCUT2D eigenvalue weighted by Gasteiger charge is -2.38. The molecule has 0 bridgehead atoms. The van der Waals surface area contributed by atoms with Gasteiger partial charge in [-0.3, -0.25) is 9.59 Å². The highest BCUT2D eigenvalue weighted by Gasteiger charge is 2.41. The second kappa shape index (κ2) is 10.2. The minimum absolute atomic E-state index is 0.0465. The SMILES string of the molecule is CCCCCCOc1ccc(C2(C)CC(c3ccc(C)cc3)=C(N3N=NCC3=O)C(=O)N2)cc1. The summed E-state index contributed by atoms with van der Waals surface area (Å²) < 4.78 is 5.88. The van der Waals surface area contributed by atoms with E-state index in [9.17, 15) is 9.59 Å². The number of unbranched alkanes of at least 4 members (excludes halogenated alkanes) is 3. The fourth-order valence-electron chi connectivity index (χ4n) is 4.40. The van der Waals surface area contributed by atoms with Crippen molar-refractivity contribution in [3.8, 4) is 5.75 Å². The zero-order chi connectivity index (χ0) is 24.1. The predicted octanol–water partition coefficient (Wildman–Crippen LogP) is 5.31. The molecule has 2 heterocycles. The highest BCUT2D eigenvalue weighted by molar-refractivity contribution is 6.06. The van der Waals surface area contributed by atoms with Crippen LogP contribution < -0.4 is 10.1 Å². The van der Waals surface area contributed by atoms with Gasteiger partial charge < -0.3 is 10.1 Å². The average molecular weight is 461 g/mol. The van der Waals surface area contributed by atoms with E-state index >= 15 is 0 Å². The largest absolute Gasteiger partial charge is 0.494 e. The predicted molar refractivity (Wildman–Crippen MR) is 131 cm³/mol. The van der Waals surface area contributed by atoms with Gasteiger partial charge in [-0.15, -0.1) is 0 Å². The minimum atomic E-state index is -0.652. The third kappa shape index (κ3) is 5.03. The second-order valence-corrected chi connectivity index (χ2v) is 9.18. The number of amides is 2. The molecular formula is C27H32N4O3. The number of rotatable bonds is 9. The van der Waals surface area contributed by atoms with E-state index in [2.05, 4.69) is 22.6 Å². The summed E-state index contributed by atoms with van der Waals surface area (Å²) in [6.45, 7) is 6.87. The Morgan fingerprint density at radius 3 is 2.41 bits per heavy atom. The van der Waals surface area contributed by atoms with Gasteiger partial charge in [-0.05, 0) is 49.1 Å². The Balaban J connectivity index is 1.61. The van der Waals surface area contributed by atoms with Crippen molar-refractivity contribution < 1.29 is 14.3 Å². The molecule has 1 atom stereocenters. The van der Waals surface area contributed by atoms with E-state index in [1.807, 2.05) is 62.4 Å². The molecule has 2 aromatic rings.